The van der Waals surface area contributed by atoms with Gasteiger partial charge in [-0.05, 0) is 0 Å². The Hall–Kier alpha value is -0.610. The molecule has 0 aliphatic rings. The van der Waals surface area contributed by atoms with Crippen LogP contribution in [0.3, 0.4) is 0 Å². The molecule has 0 spiro atoms. The molecule has 0 bridgehead atoms. The van der Waals surface area contributed by atoms with E-state index in [-0.39, 0.29) is 0 Å². The van der Waals surface area contributed by atoms with E-state index in [0.717, 1.165) is 0 Å². The van der Waals surface area contributed by atoms with Gasteiger partial charge in [0.25, 0.3) is 0 Å². The van der Waals surface area contributed by atoms with E-state index in [1.54, 1.807) is 6.20 Å². The summed E-state index contributed by atoms with van der Waals surface area (Å²) in [4.78, 5) is 7.75. The van der Waals surface area contributed by atoms with Crippen LogP contribution in [0.25, 0.3) is 0 Å². The molecule has 0 aromatic carbocycles. The van der Waals surface area contributed by atoms with E-state index in [1.165, 1.54) is 6.20 Å². The van der Waals surface area contributed by atoms with Crippen molar-refractivity contribution in [3.63, 3.8) is 0 Å². The predicted octanol–water partition coefficient (Wildman–Crippen LogP) is 0.719. The first-order valence-electron chi connectivity index (χ1n) is 2.70. The van der Waals surface area contributed by atoms with Crippen molar-refractivity contribution in [2.45, 2.75) is 11.4 Å². The van der Waals surface area contributed by atoms with Gasteiger partial charge >= 0.3 is 0 Å². The Morgan fingerprint density at radius 3 is 2.80 bits per heavy atom. The minimum Gasteiger partial charge on any atom is -0.383 e. The standard InChI is InChI=1S/C6H6N2OS/c9-2-1-5-3-8-6(10)4-7-5/h3-4,9H,1H2,(H,8,10). The molecule has 0 aliphatic heterocycles. The third-order valence-electron chi connectivity index (χ3n) is 0.952. The fourth-order valence-electron chi connectivity index (χ4n) is 0.520. The van der Waals surface area contributed by atoms with Crippen LogP contribution in [0, 0.1) is 6.61 Å². The number of hydrogen-bond donors (Lipinski definition) is 2. The third-order valence-corrected chi connectivity index (χ3v) is 1.18. The molecule has 0 aliphatic carbocycles. The normalized spacial score (nSPS) is 9.80. The highest BCUT2D eigenvalue weighted by Gasteiger charge is 1.93. The number of thiol groups is 1. The van der Waals surface area contributed by atoms with Crippen molar-refractivity contribution < 1.29 is 5.11 Å². The average molecular weight is 154 g/mol. The maximum atomic E-state index is 8.25. The maximum Gasteiger partial charge on any atom is 0.134 e. The Balaban J connectivity index is 2.69. The van der Waals surface area contributed by atoms with Crippen molar-refractivity contribution in [2.24, 2.45) is 0 Å². The topological polar surface area (TPSA) is 46.0 Å². The van der Waals surface area contributed by atoms with Crippen LogP contribution in [0.1, 0.15) is 5.69 Å². The monoisotopic (exact) mass is 154 g/mol. The molecule has 3 nitrogen and oxygen atoms in total. The maximum absolute atomic E-state index is 8.25. The van der Waals surface area contributed by atoms with Crippen molar-refractivity contribution in [3.8, 4) is 0 Å². The molecule has 1 aromatic rings. The fraction of sp³-hybridized carbons (Fsp3) is 0.167. The van der Waals surface area contributed by atoms with E-state index in [9.17, 15) is 0 Å². The number of nitrogens with zero attached hydrogens (tertiary/aromatic N) is 2. The van der Waals surface area contributed by atoms with Crippen LogP contribution in [-0.2, 0) is 6.42 Å². The van der Waals surface area contributed by atoms with Crippen LogP contribution in [-0.4, -0.2) is 15.1 Å². The Morgan fingerprint density at radius 1 is 1.50 bits per heavy atom. The van der Waals surface area contributed by atoms with E-state index in [0.29, 0.717) is 17.1 Å². The van der Waals surface area contributed by atoms with Crippen molar-refractivity contribution >= 4 is 12.6 Å². The molecule has 10 heavy (non-hydrogen) atoms. The van der Waals surface area contributed by atoms with Gasteiger partial charge in [0.15, 0.2) is 0 Å². The van der Waals surface area contributed by atoms with Crippen molar-refractivity contribution in [2.75, 3.05) is 0 Å². The third kappa shape index (κ3) is 1.97. The molecule has 0 unspecified atom stereocenters. The number of rotatable bonds is 2. The van der Waals surface area contributed by atoms with Crippen LogP contribution in [0.4, 0.5) is 0 Å². The number of aliphatic hydroxyl groups excluding tert-OH is 1. The molecule has 1 N–H and O–H groups in total. The summed E-state index contributed by atoms with van der Waals surface area (Å²) >= 11 is 3.94. The zero-order chi connectivity index (χ0) is 7.40. The van der Waals surface area contributed by atoms with Crippen LogP contribution in [0.15, 0.2) is 17.4 Å². The van der Waals surface area contributed by atoms with Gasteiger partial charge in [0, 0.05) is 12.6 Å². The van der Waals surface area contributed by atoms with Crippen LogP contribution in [0.5, 0.6) is 0 Å². The second-order valence-electron chi connectivity index (χ2n) is 1.70. The zero-order valence-corrected chi connectivity index (χ0v) is 6.05. The Labute approximate surface area is 64.5 Å². The largest absolute Gasteiger partial charge is 0.383 e. The molecule has 4 heteroatoms. The van der Waals surface area contributed by atoms with Gasteiger partial charge in [-0.3, -0.25) is 4.98 Å². The molecule has 2 radical (unpaired) electrons. The smallest absolute Gasteiger partial charge is 0.134 e. The van der Waals surface area contributed by atoms with E-state index >= 15 is 0 Å². The summed E-state index contributed by atoms with van der Waals surface area (Å²) < 4.78 is 0. The molecule has 0 atom stereocenters. The quantitative estimate of drug-likeness (QED) is 0.617. The minimum absolute atomic E-state index is 0.307. The summed E-state index contributed by atoms with van der Waals surface area (Å²) in [7, 11) is 0. The van der Waals surface area contributed by atoms with Gasteiger partial charge < -0.3 is 5.11 Å². The van der Waals surface area contributed by atoms with Gasteiger partial charge in [0.1, 0.15) is 11.6 Å². The molecular weight excluding hydrogens is 148 g/mol. The second-order valence-corrected chi connectivity index (χ2v) is 2.16. The van der Waals surface area contributed by atoms with Crippen LogP contribution >= 0.6 is 12.6 Å². The summed E-state index contributed by atoms with van der Waals surface area (Å²) in [5.74, 6) is 0. The van der Waals surface area contributed by atoms with Gasteiger partial charge in [-0.15, -0.1) is 12.6 Å². The van der Waals surface area contributed by atoms with Gasteiger partial charge in [-0.25, -0.2) is 4.98 Å². The fourth-order valence-corrected chi connectivity index (χ4v) is 0.636. The highest BCUT2D eigenvalue weighted by Crippen LogP contribution is 1.99. The number of hydrogen-bond acceptors (Lipinski definition) is 4. The Kier molecular flexibility index (Phi) is 2.65. The minimum atomic E-state index is 0.307. The van der Waals surface area contributed by atoms with Gasteiger partial charge in [-0.1, -0.05) is 0 Å². The van der Waals surface area contributed by atoms with Crippen molar-refractivity contribution in [1.82, 2.24) is 9.97 Å². The second kappa shape index (κ2) is 3.53. The lowest BCUT2D eigenvalue weighted by molar-refractivity contribution is 0.383. The lowest BCUT2D eigenvalue weighted by Gasteiger charge is -1.93. The molecule has 0 saturated heterocycles. The van der Waals surface area contributed by atoms with Crippen molar-refractivity contribution in [1.29, 1.82) is 0 Å². The van der Waals surface area contributed by atoms with Gasteiger partial charge in [0.05, 0.1) is 11.9 Å². The summed E-state index contributed by atoms with van der Waals surface area (Å²) in [5.41, 5.74) is 0.681. The van der Waals surface area contributed by atoms with Gasteiger partial charge in [-0.2, -0.15) is 0 Å². The molecule has 0 amide bonds. The molecule has 1 aromatic heterocycles. The zero-order valence-electron chi connectivity index (χ0n) is 5.15. The predicted molar refractivity (Wildman–Crippen MR) is 38.2 cm³/mol. The van der Waals surface area contributed by atoms with E-state index in [1.807, 2.05) is 6.61 Å². The van der Waals surface area contributed by atoms with E-state index in [4.69, 9.17) is 5.11 Å². The summed E-state index contributed by atoms with van der Waals surface area (Å²) in [5, 5.41) is 8.82. The number of aromatic nitrogens is 2. The van der Waals surface area contributed by atoms with Crippen LogP contribution < -0.4 is 0 Å². The molecule has 52 valence electrons. The van der Waals surface area contributed by atoms with E-state index in [2.05, 4.69) is 22.6 Å². The van der Waals surface area contributed by atoms with Crippen LogP contribution in [0.2, 0.25) is 0 Å². The lowest BCUT2D eigenvalue weighted by Crippen LogP contribution is -1.91. The number of aliphatic hydroxyl groups is 1. The first kappa shape index (κ1) is 7.50. The SMILES string of the molecule is O[C]Cc1cnc(S)cn1. The van der Waals surface area contributed by atoms with E-state index < -0.39 is 0 Å². The first-order chi connectivity index (χ1) is 4.83. The highest BCUT2D eigenvalue weighted by molar-refractivity contribution is 7.80. The summed E-state index contributed by atoms with van der Waals surface area (Å²) in [6, 6.07) is 0. The summed E-state index contributed by atoms with van der Waals surface area (Å²) in [6.45, 7) is 1.98. The molecule has 1 rings (SSSR count). The molecule has 1 heterocycles. The molecular formula is C6H6N2OS. The molecule has 0 fully saturated rings. The first-order valence-corrected chi connectivity index (χ1v) is 3.14. The summed E-state index contributed by atoms with van der Waals surface area (Å²) in [6.07, 6.45) is 3.38. The van der Waals surface area contributed by atoms with Gasteiger partial charge in [0.2, 0.25) is 0 Å². The van der Waals surface area contributed by atoms with Crippen molar-refractivity contribution in [3.05, 3.63) is 24.7 Å². The average Bonchev–Trinajstić information content (AvgIpc) is 1.95. The Bertz CT molecular complexity index is 199. The molecule has 0 saturated carbocycles. The lowest BCUT2D eigenvalue weighted by atomic mass is 10.3. The Morgan fingerprint density at radius 2 is 2.30 bits per heavy atom. The highest BCUT2D eigenvalue weighted by atomic mass is 32.1.